The second-order valence-corrected chi connectivity index (χ2v) is 10.4. The number of imidazole rings is 1. The Morgan fingerprint density at radius 2 is 1.89 bits per heavy atom. The molecule has 0 radical (unpaired) electrons. The van der Waals surface area contributed by atoms with Gasteiger partial charge in [-0.1, -0.05) is 0 Å². The van der Waals surface area contributed by atoms with E-state index >= 15 is 0 Å². The minimum Gasteiger partial charge on any atom is -0.455 e. The zero-order chi connectivity index (χ0) is 31.5. The van der Waals surface area contributed by atoms with Crippen molar-refractivity contribution in [2.45, 2.75) is 26.8 Å². The van der Waals surface area contributed by atoms with Crippen molar-refractivity contribution >= 4 is 23.4 Å². The summed E-state index contributed by atoms with van der Waals surface area (Å²) in [5, 5.41) is 11.6. The molecule has 1 aliphatic heterocycles. The van der Waals surface area contributed by atoms with E-state index in [9.17, 15) is 18.8 Å². The van der Waals surface area contributed by atoms with Gasteiger partial charge in [0.1, 0.15) is 17.1 Å². The Labute approximate surface area is 251 Å². The van der Waals surface area contributed by atoms with Crippen molar-refractivity contribution in [1.82, 2.24) is 24.0 Å². The van der Waals surface area contributed by atoms with E-state index in [0.29, 0.717) is 28.5 Å². The van der Waals surface area contributed by atoms with E-state index in [0.717, 1.165) is 28.0 Å². The molecule has 5 rings (SSSR count). The monoisotopic (exact) mass is 596 g/mol. The summed E-state index contributed by atoms with van der Waals surface area (Å²) in [7, 11) is 1.88. The fourth-order valence-electron chi connectivity index (χ4n) is 4.58. The highest BCUT2D eigenvalue weighted by atomic mass is 19.1. The predicted octanol–water partition coefficient (Wildman–Crippen LogP) is 2.63. The number of dihydropyridines is 1. The second kappa shape index (κ2) is 12.2. The molecule has 0 atom stereocenters. The third kappa shape index (κ3) is 6.04. The number of carbonyl (C=O) groups excluding carboxylic acids is 1. The summed E-state index contributed by atoms with van der Waals surface area (Å²) in [4.78, 5) is 44.3. The molecule has 2 aromatic heterocycles. The SMILES string of the molecule is Cc1cc(NC(=O)c2cn(C(C)C)c(=O)n(-c3ccc(F)cc3)c2=O)ccc1OC1=CC(c2cn(C)cn2)=CN/C1=C\C=[NH2+]. The van der Waals surface area contributed by atoms with Gasteiger partial charge in [0.05, 0.1) is 23.4 Å². The molecule has 1 aliphatic rings. The molecule has 0 fully saturated rings. The van der Waals surface area contributed by atoms with Crippen LogP contribution in [0.4, 0.5) is 10.1 Å². The Bertz CT molecular complexity index is 1980. The number of aromatic nitrogens is 4. The maximum atomic E-state index is 13.5. The third-order valence-electron chi connectivity index (χ3n) is 6.85. The number of benzene rings is 2. The largest absolute Gasteiger partial charge is 0.455 e. The summed E-state index contributed by atoms with van der Waals surface area (Å²) in [5.41, 5.74) is 1.75. The van der Waals surface area contributed by atoms with Crippen LogP contribution >= 0.6 is 0 Å². The smallest absolute Gasteiger partial charge is 0.335 e. The van der Waals surface area contributed by atoms with Crippen LogP contribution in [-0.4, -0.2) is 30.8 Å². The molecule has 1 amide bonds. The standard InChI is InChI=1S/C32H30FN7O4/c1-19(2)39-16-25(31(42)40(32(39)43)24-8-5-22(33)6-9-24)30(41)37-23-7-10-28(20(3)13-23)44-29-14-21(15-35-26(29)11-12-34)27-17-38(4)18-36-27/h5-19,34-35H,1-4H3,(H,37,41)/p+1/b26-11-,34-12?. The molecule has 0 saturated heterocycles. The van der Waals surface area contributed by atoms with E-state index in [-0.39, 0.29) is 17.3 Å². The number of aryl methyl sites for hydroxylation is 2. The molecule has 12 heteroatoms. The summed E-state index contributed by atoms with van der Waals surface area (Å²) in [6, 6.07) is 9.59. The van der Waals surface area contributed by atoms with E-state index in [2.05, 4.69) is 15.6 Å². The van der Waals surface area contributed by atoms with Crippen molar-refractivity contribution in [3.8, 4) is 11.4 Å². The number of anilines is 1. The molecular formula is C32H31FN7O4+. The number of hydrogen-bond donors (Lipinski definition) is 3. The van der Waals surface area contributed by atoms with E-state index in [4.69, 9.17) is 10.1 Å². The van der Waals surface area contributed by atoms with Gasteiger partial charge in [-0.05, 0) is 74.9 Å². The highest BCUT2D eigenvalue weighted by Crippen LogP contribution is 2.29. The zero-order valence-corrected chi connectivity index (χ0v) is 24.5. The van der Waals surface area contributed by atoms with Gasteiger partial charge in [-0.2, -0.15) is 0 Å². The number of hydrogen-bond acceptors (Lipinski definition) is 6. The highest BCUT2D eigenvalue weighted by Gasteiger charge is 2.21. The summed E-state index contributed by atoms with van der Waals surface area (Å²) >= 11 is 0. The topological polar surface area (TPSA) is 138 Å². The maximum Gasteiger partial charge on any atom is 0.335 e. The molecule has 0 bridgehead atoms. The second-order valence-electron chi connectivity index (χ2n) is 10.4. The minimum absolute atomic E-state index is 0.149. The van der Waals surface area contributed by atoms with Crippen LogP contribution in [0.3, 0.4) is 0 Å². The molecule has 4 N–H and O–H groups in total. The molecule has 2 aromatic carbocycles. The van der Waals surface area contributed by atoms with Gasteiger partial charge in [0.25, 0.3) is 11.5 Å². The van der Waals surface area contributed by atoms with Crippen LogP contribution in [0.15, 0.2) is 101 Å². The Morgan fingerprint density at radius 3 is 2.52 bits per heavy atom. The van der Waals surface area contributed by atoms with E-state index < -0.39 is 23.0 Å². The van der Waals surface area contributed by atoms with Crippen LogP contribution in [0.2, 0.25) is 0 Å². The lowest BCUT2D eigenvalue weighted by atomic mass is 10.1. The molecule has 0 aliphatic carbocycles. The average molecular weight is 597 g/mol. The normalized spacial score (nSPS) is 13.7. The number of halogens is 1. The number of rotatable bonds is 8. The van der Waals surface area contributed by atoms with Crippen LogP contribution in [0.1, 0.15) is 41.5 Å². The zero-order valence-electron chi connectivity index (χ0n) is 24.5. The van der Waals surface area contributed by atoms with Gasteiger partial charge in [-0.15, -0.1) is 0 Å². The van der Waals surface area contributed by atoms with Gasteiger partial charge in [0.2, 0.25) is 0 Å². The van der Waals surface area contributed by atoms with Crippen LogP contribution in [0.5, 0.6) is 5.75 Å². The lowest BCUT2D eigenvalue weighted by Gasteiger charge is -2.19. The minimum atomic E-state index is -0.822. The van der Waals surface area contributed by atoms with Gasteiger partial charge in [0, 0.05) is 49.0 Å². The fourth-order valence-corrected chi connectivity index (χ4v) is 4.58. The summed E-state index contributed by atoms with van der Waals surface area (Å²) in [6.07, 6.45) is 11.6. The maximum absolute atomic E-state index is 13.5. The Kier molecular flexibility index (Phi) is 8.25. The van der Waals surface area contributed by atoms with Crippen molar-refractivity contribution in [3.63, 3.8) is 0 Å². The van der Waals surface area contributed by atoms with E-state index in [1.54, 1.807) is 44.4 Å². The van der Waals surface area contributed by atoms with E-state index in [1.807, 2.05) is 37.0 Å². The van der Waals surface area contributed by atoms with Gasteiger partial charge in [-0.3, -0.25) is 19.6 Å². The highest BCUT2D eigenvalue weighted by molar-refractivity contribution is 6.04. The fraction of sp³-hybridized carbons (Fsp3) is 0.156. The van der Waals surface area contributed by atoms with Crippen LogP contribution < -0.4 is 32.0 Å². The van der Waals surface area contributed by atoms with Gasteiger partial charge < -0.3 is 19.9 Å². The van der Waals surface area contributed by atoms with E-state index in [1.165, 1.54) is 29.1 Å². The molecule has 0 unspecified atom stereocenters. The first-order chi connectivity index (χ1) is 21.0. The summed E-state index contributed by atoms with van der Waals surface area (Å²) < 4.78 is 23.8. The lowest BCUT2D eigenvalue weighted by molar-refractivity contribution is -0.104. The van der Waals surface area contributed by atoms with Gasteiger partial charge in [0.15, 0.2) is 12.0 Å². The van der Waals surface area contributed by atoms with Crippen LogP contribution in [-0.2, 0) is 7.05 Å². The first-order valence-corrected chi connectivity index (χ1v) is 13.7. The Balaban J connectivity index is 1.43. The molecule has 0 spiro atoms. The molecule has 4 aromatic rings. The summed E-state index contributed by atoms with van der Waals surface area (Å²) in [5.74, 6) is -0.199. The molecule has 224 valence electrons. The molecule has 3 heterocycles. The van der Waals surface area contributed by atoms with Crippen LogP contribution in [0, 0.1) is 12.7 Å². The van der Waals surface area contributed by atoms with Crippen molar-refractivity contribution in [1.29, 1.82) is 0 Å². The number of carbonyl (C=O) groups is 1. The first-order valence-electron chi connectivity index (χ1n) is 13.7. The average Bonchev–Trinajstić information content (AvgIpc) is 3.42. The summed E-state index contributed by atoms with van der Waals surface area (Å²) in [6.45, 7) is 5.32. The van der Waals surface area contributed by atoms with Gasteiger partial charge in [-0.25, -0.2) is 18.7 Å². The van der Waals surface area contributed by atoms with Crippen molar-refractivity contribution in [3.05, 3.63) is 134 Å². The van der Waals surface area contributed by atoms with Crippen molar-refractivity contribution in [2.75, 3.05) is 5.32 Å². The Morgan fingerprint density at radius 1 is 1.14 bits per heavy atom. The number of ether oxygens (including phenoxy) is 1. The Hall–Kier alpha value is -5.78. The first kappa shape index (κ1) is 29.7. The molecule has 0 saturated carbocycles. The number of allylic oxidation sites excluding steroid dienone is 3. The third-order valence-corrected chi connectivity index (χ3v) is 6.85. The van der Waals surface area contributed by atoms with Crippen molar-refractivity contribution in [2.24, 2.45) is 7.05 Å². The van der Waals surface area contributed by atoms with Crippen LogP contribution in [0.25, 0.3) is 11.3 Å². The number of nitrogens with two attached hydrogens (primary N) is 1. The molecular weight excluding hydrogens is 565 g/mol. The number of nitrogens with zero attached hydrogens (tertiary/aromatic N) is 4. The molecule has 44 heavy (non-hydrogen) atoms. The number of nitrogens with one attached hydrogen (secondary N) is 2. The molecule has 11 nitrogen and oxygen atoms in total. The van der Waals surface area contributed by atoms with Gasteiger partial charge >= 0.3 is 5.69 Å². The predicted molar refractivity (Wildman–Crippen MR) is 165 cm³/mol. The van der Waals surface area contributed by atoms with Crippen molar-refractivity contribution < 1.29 is 19.3 Å². The quantitative estimate of drug-likeness (QED) is 0.268. The number of amides is 1. The lowest BCUT2D eigenvalue weighted by Crippen LogP contribution is -2.42.